The van der Waals surface area contributed by atoms with Crippen molar-refractivity contribution in [3.8, 4) is 0 Å². The maximum absolute atomic E-state index is 11.9. The quantitative estimate of drug-likeness (QED) is 0.928. The second-order valence-corrected chi connectivity index (χ2v) is 6.92. The van der Waals surface area contributed by atoms with E-state index < -0.39 is 0 Å². The Morgan fingerprint density at radius 3 is 2.74 bits per heavy atom. The van der Waals surface area contributed by atoms with Crippen LogP contribution in [0, 0.1) is 0 Å². The van der Waals surface area contributed by atoms with Gasteiger partial charge in [0.25, 0.3) is 0 Å². The highest BCUT2D eigenvalue weighted by molar-refractivity contribution is 5.94. The highest BCUT2D eigenvalue weighted by Crippen LogP contribution is 2.36. The first-order valence-electron chi connectivity index (χ1n) is 8.99. The molecule has 4 nitrogen and oxygen atoms in total. The fraction of sp³-hybridized carbons (Fsp3) is 0.632. The summed E-state index contributed by atoms with van der Waals surface area (Å²) in [7, 11) is 0. The van der Waals surface area contributed by atoms with Crippen LogP contribution in [0.1, 0.15) is 50.8 Å². The van der Waals surface area contributed by atoms with E-state index >= 15 is 0 Å². The molecule has 0 spiro atoms. The Hall–Kier alpha value is -1.39. The minimum atomic E-state index is 0.149. The number of nitrogens with one attached hydrogen (secondary N) is 1. The molecule has 23 heavy (non-hydrogen) atoms. The summed E-state index contributed by atoms with van der Waals surface area (Å²) in [5.74, 6) is 0.149. The average molecular weight is 315 g/mol. The summed E-state index contributed by atoms with van der Waals surface area (Å²) < 4.78 is 0. The Bertz CT molecular complexity index is 566. The van der Waals surface area contributed by atoms with Crippen LogP contribution < -0.4 is 10.2 Å². The van der Waals surface area contributed by atoms with Crippen LogP contribution in [0.2, 0.25) is 0 Å². The molecule has 0 bridgehead atoms. The number of benzene rings is 1. The first-order valence-corrected chi connectivity index (χ1v) is 8.99. The van der Waals surface area contributed by atoms with E-state index in [0.717, 1.165) is 38.3 Å². The van der Waals surface area contributed by atoms with E-state index in [0.29, 0.717) is 6.04 Å². The van der Waals surface area contributed by atoms with Gasteiger partial charge in [0.2, 0.25) is 5.91 Å². The summed E-state index contributed by atoms with van der Waals surface area (Å²) in [6.07, 6.45) is 3.37. The number of fused-ring (bicyclic) bond motifs is 1. The molecule has 0 radical (unpaired) electrons. The summed E-state index contributed by atoms with van der Waals surface area (Å²) in [6, 6.07) is 7.56. The first-order chi connectivity index (χ1) is 11.1. The molecule has 126 valence electrons. The summed E-state index contributed by atoms with van der Waals surface area (Å²) >= 11 is 0. The molecule has 0 aromatic heterocycles. The maximum atomic E-state index is 11.9. The van der Waals surface area contributed by atoms with Gasteiger partial charge < -0.3 is 10.2 Å². The van der Waals surface area contributed by atoms with Gasteiger partial charge in [-0.1, -0.05) is 25.5 Å². The Kier molecular flexibility index (Phi) is 5.02. The Morgan fingerprint density at radius 1 is 1.35 bits per heavy atom. The molecule has 4 heteroatoms. The van der Waals surface area contributed by atoms with E-state index in [2.05, 4.69) is 42.3 Å². The zero-order valence-electron chi connectivity index (χ0n) is 14.6. The molecule has 2 heterocycles. The molecule has 1 amide bonds. The van der Waals surface area contributed by atoms with Crippen molar-refractivity contribution >= 4 is 11.6 Å². The molecule has 1 aromatic rings. The molecule has 0 aliphatic carbocycles. The molecule has 0 saturated carbocycles. The summed E-state index contributed by atoms with van der Waals surface area (Å²) in [5, 5.41) is 3.44. The standard InChI is InChI=1S/C19H29N3O/c1-4-5-18(21-10-8-20-9-11-21)16-6-7-19-17(13-16)12-14(2)22(19)15(3)23/h6-7,13-14,18,20H,4-5,8-12H2,1-3H3. The largest absolute Gasteiger partial charge is 0.314 e. The van der Waals surface area contributed by atoms with Crippen molar-refractivity contribution in [3.05, 3.63) is 29.3 Å². The number of carbonyl (C=O) groups excluding carboxylic acids is 1. The molecule has 3 rings (SSSR count). The van der Waals surface area contributed by atoms with Gasteiger partial charge in [-0.05, 0) is 37.0 Å². The van der Waals surface area contributed by atoms with Crippen molar-refractivity contribution in [1.29, 1.82) is 0 Å². The van der Waals surface area contributed by atoms with Crippen molar-refractivity contribution in [2.45, 2.75) is 52.1 Å². The van der Waals surface area contributed by atoms with Crippen molar-refractivity contribution in [2.75, 3.05) is 31.1 Å². The first kappa shape index (κ1) is 16.5. The van der Waals surface area contributed by atoms with Crippen molar-refractivity contribution in [3.63, 3.8) is 0 Å². The number of hydrogen-bond donors (Lipinski definition) is 1. The average Bonchev–Trinajstić information content (AvgIpc) is 2.88. The number of rotatable bonds is 4. The fourth-order valence-electron chi connectivity index (χ4n) is 4.17. The predicted octanol–water partition coefficient (Wildman–Crippen LogP) is 2.73. The molecule has 2 atom stereocenters. The van der Waals surface area contributed by atoms with E-state index in [-0.39, 0.29) is 11.9 Å². The fourth-order valence-corrected chi connectivity index (χ4v) is 4.17. The lowest BCUT2D eigenvalue weighted by molar-refractivity contribution is -0.116. The minimum Gasteiger partial charge on any atom is -0.314 e. The van der Waals surface area contributed by atoms with E-state index in [1.165, 1.54) is 24.0 Å². The van der Waals surface area contributed by atoms with Gasteiger partial charge in [0.15, 0.2) is 0 Å². The monoisotopic (exact) mass is 315 g/mol. The molecule has 2 aliphatic rings. The van der Waals surface area contributed by atoms with E-state index in [1.54, 1.807) is 6.92 Å². The second-order valence-electron chi connectivity index (χ2n) is 6.92. The number of hydrogen-bond acceptors (Lipinski definition) is 3. The van der Waals surface area contributed by atoms with Crippen LogP contribution in [0.4, 0.5) is 5.69 Å². The molecular weight excluding hydrogens is 286 g/mol. The third-order valence-corrected chi connectivity index (χ3v) is 5.20. The lowest BCUT2D eigenvalue weighted by Crippen LogP contribution is -2.45. The van der Waals surface area contributed by atoms with Gasteiger partial charge in [-0.3, -0.25) is 9.69 Å². The highest BCUT2D eigenvalue weighted by Gasteiger charge is 2.30. The normalized spacial score (nSPS) is 22.9. The number of amides is 1. The topological polar surface area (TPSA) is 35.6 Å². The van der Waals surface area contributed by atoms with E-state index in [4.69, 9.17) is 0 Å². The van der Waals surface area contributed by atoms with E-state index in [9.17, 15) is 4.79 Å². The maximum Gasteiger partial charge on any atom is 0.224 e. The van der Waals surface area contributed by atoms with Crippen molar-refractivity contribution in [2.24, 2.45) is 0 Å². The van der Waals surface area contributed by atoms with Gasteiger partial charge in [-0.25, -0.2) is 0 Å². The van der Waals surface area contributed by atoms with Crippen LogP contribution in [0.3, 0.4) is 0 Å². The Labute approximate surface area is 139 Å². The summed E-state index contributed by atoms with van der Waals surface area (Å²) in [5.41, 5.74) is 3.87. The zero-order valence-corrected chi connectivity index (χ0v) is 14.6. The number of carbonyl (C=O) groups is 1. The summed E-state index contributed by atoms with van der Waals surface area (Å²) in [4.78, 5) is 16.5. The highest BCUT2D eigenvalue weighted by atomic mass is 16.2. The zero-order chi connectivity index (χ0) is 16.4. The molecule has 2 aliphatic heterocycles. The number of piperazine rings is 1. The number of anilines is 1. The predicted molar refractivity (Wildman–Crippen MR) is 94.9 cm³/mol. The Morgan fingerprint density at radius 2 is 2.09 bits per heavy atom. The number of nitrogens with zero attached hydrogens (tertiary/aromatic N) is 2. The van der Waals surface area contributed by atoms with Crippen LogP contribution >= 0.6 is 0 Å². The van der Waals surface area contributed by atoms with Gasteiger partial charge in [-0.2, -0.15) is 0 Å². The van der Waals surface area contributed by atoms with Crippen LogP contribution in [0.15, 0.2) is 18.2 Å². The minimum absolute atomic E-state index is 0.149. The lowest BCUT2D eigenvalue weighted by atomic mass is 9.96. The molecule has 1 aromatic carbocycles. The summed E-state index contributed by atoms with van der Waals surface area (Å²) in [6.45, 7) is 10.5. The molecule has 1 saturated heterocycles. The lowest BCUT2D eigenvalue weighted by Gasteiger charge is -2.35. The van der Waals surface area contributed by atoms with Crippen molar-refractivity contribution in [1.82, 2.24) is 10.2 Å². The van der Waals surface area contributed by atoms with Gasteiger partial charge in [0, 0.05) is 50.9 Å². The van der Waals surface area contributed by atoms with Crippen LogP contribution in [-0.2, 0) is 11.2 Å². The third kappa shape index (κ3) is 3.29. The third-order valence-electron chi connectivity index (χ3n) is 5.20. The second kappa shape index (κ2) is 7.02. The van der Waals surface area contributed by atoms with Gasteiger partial charge in [0.05, 0.1) is 0 Å². The van der Waals surface area contributed by atoms with Crippen LogP contribution in [-0.4, -0.2) is 43.0 Å². The van der Waals surface area contributed by atoms with Crippen LogP contribution in [0.5, 0.6) is 0 Å². The SMILES string of the molecule is CCCC(c1ccc2c(c1)CC(C)N2C(C)=O)N1CCNCC1. The molecule has 2 unspecified atom stereocenters. The van der Waals surface area contributed by atoms with Crippen molar-refractivity contribution < 1.29 is 4.79 Å². The van der Waals surface area contributed by atoms with E-state index in [1.807, 2.05) is 4.90 Å². The molecule has 1 N–H and O–H groups in total. The smallest absolute Gasteiger partial charge is 0.224 e. The van der Waals surface area contributed by atoms with Gasteiger partial charge in [-0.15, -0.1) is 0 Å². The van der Waals surface area contributed by atoms with Gasteiger partial charge in [0.1, 0.15) is 0 Å². The molecular formula is C19H29N3O. The molecule has 1 fully saturated rings. The Balaban J connectivity index is 1.87. The van der Waals surface area contributed by atoms with Crippen LogP contribution in [0.25, 0.3) is 0 Å². The van der Waals surface area contributed by atoms with Gasteiger partial charge >= 0.3 is 0 Å².